The number of alkyl carbamates (subject to hydrolysis) is 2. The number of hydrogen-bond donors (Lipinski definition) is 8. The number of esters is 1. The first-order valence-corrected chi connectivity index (χ1v) is 38.6. The number of benzene rings is 3. The van der Waals surface area contributed by atoms with Crippen LogP contribution in [0.1, 0.15) is 106 Å². The summed E-state index contributed by atoms with van der Waals surface area (Å²) in [6.07, 6.45) is -14.5. The number of rotatable bonds is 32. The molecule has 8 N–H and O–H groups in total. The van der Waals surface area contributed by atoms with E-state index < -0.39 is 205 Å². The molecule has 2 bridgehead atoms. The van der Waals surface area contributed by atoms with Gasteiger partial charge in [0.25, 0.3) is 11.8 Å². The van der Waals surface area contributed by atoms with Gasteiger partial charge < -0.3 is 59.1 Å². The van der Waals surface area contributed by atoms with Crippen LogP contribution < -0.4 is 40.8 Å². The largest absolute Gasteiger partial charge is 0.524 e. The number of ether oxygens (including phenoxy) is 6. The number of phosphoric ester groups is 1. The number of halogens is 10. The van der Waals surface area contributed by atoms with E-state index in [1.165, 1.54) is 63.5 Å². The molecule has 6 atom stereocenters. The van der Waals surface area contributed by atoms with Gasteiger partial charge in [0.15, 0.2) is 0 Å². The summed E-state index contributed by atoms with van der Waals surface area (Å²) < 4.78 is 225. The second-order valence-electron chi connectivity index (χ2n) is 29.2. The summed E-state index contributed by atoms with van der Waals surface area (Å²) in [5.74, 6) is -4.58. The average Bonchev–Trinajstić information content (AvgIpc) is 1.57. The van der Waals surface area contributed by atoms with Gasteiger partial charge in [-0.1, -0.05) is 43.9 Å². The van der Waals surface area contributed by atoms with Gasteiger partial charge >= 0.3 is 51.0 Å². The van der Waals surface area contributed by atoms with Gasteiger partial charge in [-0.3, -0.25) is 48.8 Å². The highest BCUT2D eigenvalue weighted by Crippen LogP contribution is 2.47. The molecular weight excluding hydrogens is 1610 g/mol. The molecule has 0 aliphatic carbocycles. The number of piperazine rings is 1. The Labute approximate surface area is 657 Å². The van der Waals surface area contributed by atoms with E-state index in [9.17, 15) is 69.9 Å². The molecule has 33 nitrogen and oxygen atoms in total. The number of alkyl halides is 8. The monoisotopic (exact) mass is 1690 g/mol. The summed E-state index contributed by atoms with van der Waals surface area (Å²) in [5.41, 5.74) is -7.90. The molecule has 5 heterocycles. The highest BCUT2D eigenvalue weighted by Gasteiger charge is 2.58. The third kappa shape index (κ3) is 24.1. The van der Waals surface area contributed by atoms with E-state index in [-0.39, 0.29) is 44.6 Å². The molecule has 3 fully saturated rings. The molecule has 0 radical (unpaired) electrons. The number of hydrogen-bond acceptors (Lipinski definition) is 24. The zero-order valence-electron chi connectivity index (χ0n) is 63.7. The highest BCUT2D eigenvalue weighted by atomic mass is 32.2. The first-order valence-electron chi connectivity index (χ1n) is 35.1. The van der Waals surface area contributed by atoms with Crippen molar-refractivity contribution in [3.05, 3.63) is 124 Å². The van der Waals surface area contributed by atoms with Gasteiger partial charge in [-0.15, -0.1) is 0 Å². The van der Waals surface area contributed by atoms with Crippen molar-refractivity contribution in [3.8, 4) is 28.8 Å². The summed E-state index contributed by atoms with van der Waals surface area (Å²) in [6, 6.07) is 3.23. The lowest BCUT2D eigenvalue weighted by molar-refractivity contribution is -0.221. The van der Waals surface area contributed by atoms with Crippen LogP contribution in [0.4, 0.5) is 64.2 Å². The number of nitrogens with one attached hydrogen (secondary N) is 6. The molecular formula is C71H84F10N13O20PS. The number of carbonyl (C=O) groups excluding carboxylic acids is 8. The van der Waals surface area contributed by atoms with E-state index in [0.29, 0.717) is 102 Å². The van der Waals surface area contributed by atoms with Crippen molar-refractivity contribution in [3.63, 3.8) is 0 Å². The maximum atomic E-state index is 16.8. The number of hydrazine groups is 1. The van der Waals surface area contributed by atoms with Crippen LogP contribution in [0.15, 0.2) is 73.2 Å². The molecule has 0 saturated carbocycles. The van der Waals surface area contributed by atoms with Crippen LogP contribution >= 0.6 is 7.82 Å². The maximum absolute atomic E-state index is 16.8. The van der Waals surface area contributed by atoms with Crippen molar-refractivity contribution in [2.45, 2.75) is 154 Å². The van der Waals surface area contributed by atoms with Crippen molar-refractivity contribution >= 4 is 71.7 Å². The van der Waals surface area contributed by atoms with Crippen molar-refractivity contribution in [1.29, 1.82) is 0 Å². The van der Waals surface area contributed by atoms with Gasteiger partial charge in [-0.25, -0.2) is 55.8 Å². The molecule has 3 aliphatic heterocycles. The topological polar surface area (TPSA) is 418 Å². The smallest absolute Gasteiger partial charge is 0.453 e. The van der Waals surface area contributed by atoms with Crippen molar-refractivity contribution in [2.24, 2.45) is 10.8 Å². The van der Waals surface area contributed by atoms with Gasteiger partial charge in [-0.2, -0.15) is 40.2 Å². The number of phosphoric acid groups is 1. The van der Waals surface area contributed by atoms with Gasteiger partial charge in [0.1, 0.15) is 35.6 Å². The van der Waals surface area contributed by atoms with E-state index in [2.05, 4.69) is 56.8 Å². The molecule has 45 heteroatoms. The minimum atomic E-state index is -5.48. The Balaban J connectivity index is 1.19. The van der Waals surface area contributed by atoms with Gasteiger partial charge in [0, 0.05) is 78.0 Å². The van der Waals surface area contributed by atoms with Crippen LogP contribution in [0.25, 0.3) is 11.3 Å². The predicted molar refractivity (Wildman–Crippen MR) is 385 cm³/mol. The Bertz CT molecular complexity index is 4640. The molecule has 6 amide bonds. The van der Waals surface area contributed by atoms with Crippen LogP contribution in [0, 0.1) is 41.2 Å². The number of sulfonamides is 1. The normalized spacial score (nSPS) is 16.6. The van der Waals surface area contributed by atoms with Gasteiger partial charge in [-0.05, 0) is 107 Å². The molecule has 0 spiro atoms. The quantitative estimate of drug-likeness (QED) is 0.00430. The van der Waals surface area contributed by atoms with Crippen LogP contribution in [0.3, 0.4) is 0 Å². The van der Waals surface area contributed by atoms with Gasteiger partial charge in [0.2, 0.25) is 34.6 Å². The number of aryl methyl sites for hydroxylation is 1. The Morgan fingerprint density at radius 1 is 0.759 bits per heavy atom. The molecule has 2 unspecified atom stereocenters. The second kappa shape index (κ2) is 37.2. The number of fused-ring (bicyclic) bond motifs is 2. The Kier molecular flexibility index (Phi) is 29.2. The maximum Gasteiger partial charge on any atom is 0.524 e. The van der Waals surface area contributed by atoms with Crippen molar-refractivity contribution < 1.29 is 138 Å². The van der Waals surface area contributed by atoms with E-state index in [1.54, 1.807) is 15.4 Å². The Morgan fingerprint density at radius 3 is 1.84 bits per heavy atom. The molecule has 116 heavy (non-hydrogen) atoms. The second-order valence-corrected chi connectivity index (χ2v) is 32.1. The van der Waals surface area contributed by atoms with Crippen LogP contribution in [0.2, 0.25) is 0 Å². The summed E-state index contributed by atoms with van der Waals surface area (Å²) in [6.45, 7) is 0.0677. The molecule has 5 aromatic rings. The third-order valence-electron chi connectivity index (χ3n) is 19.2. The van der Waals surface area contributed by atoms with E-state index >= 15 is 35.1 Å². The predicted octanol–water partition coefficient (Wildman–Crippen LogP) is 6.56. The van der Waals surface area contributed by atoms with Crippen LogP contribution in [0.5, 0.6) is 5.75 Å². The SMILES string of the molecule is COC(=O)N[C@H](C(=O)N[C@@H](Cc1ccc(C#Cc2cnc(N3CC4CCC(C3)N4C3COC3)nc2)cc1)[C@H](CN(Cc1c(F)cc(-c2ccn(C(F)F)n2)cc1F)NC(=O)[C@@H](NC(=O)OC)C(C)(C)C(F)(F)F)OC(=O)OCOC(=O)CC(C)(C)c1c(CC(=O)NCC(=O)NS(C)(=O)=O)cc(C)cc1OP(=O)(O)O)C(C)(C)C(F)(F)F. The zero-order chi connectivity index (χ0) is 86.0. The summed E-state index contributed by atoms with van der Waals surface area (Å²) >= 11 is 0. The first-order chi connectivity index (χ1) is 53.9. The minimum Gasteiger partial charge on any atom is -0.453 e. The number of aromatic nitrogens is 4. The van der Waals surface area contributed by atoms with E-state index in [1.807, 2.05) is 5.43 Å². The summed E-state index contributed by atoms with van der Waals surface area (Å²) in [5, 5.41) is 11.9. The number of methoxy groups -OCH3 is 2. The van der Waals surface area contributed by atoms with E-state index in [0.717, 1.165) is 38.3 Å². The Morgan fingerprint density at radius 2 is 1.33 bits per heavy atom. The standard InChI is InChI=1S/C71H84F10N13O20PS/c1-38-21-43(26-54(95)82-30-55(96)90-116(10,106)107)57(52(22-38)114-115(103,104)105)67(2,3)27-56(97)111-37-112-66(102)113-53(34-92(89-61(99)59(87-65(101)109-9)69(6,7)71(79,80)81)33-47-48(72)24-42(25-49(47)73)50-19-20-93(88-50)62(74)75)51(85-60(98)58(86-64(100)108-8)68(4,5)70(76,77)78)23-40-14-11-39(12-15-40)13-16-41-28-83-63(84-29-41)91-31-44-17-18-45(32-91)94(44)46-35-110-36-46/h11-12,14-15,19-22,24-25,28-29,44-46,51,53,58-59,62H,17-18,23,26-27,30-37H2,1-10H3,(H,82,95)(H,85,98)(H,86,100)(H,87,101)(H,89,99)(H,90,96)(H2,103,104,105)/t44?,45?,51-,53-,58+,59+/m0/s1. The zero-order valence-corrected chi connectivity index (χ0v) is 65.5. The summed E-state index contributed by atoms with van der Waals surface area (Å²) in [7, 11) is -8.13. The average molecular weight is 1690 g/mol. The number of nitrogens with zero attached hydrogens (tertiary/aromatic N) is 7. The third-order valence-corrected chi connectivity index (χ3v) is 20.2. The lowest BCUT2D eigenvalue weighted by Crippen LogP contribution is -2.64. The lowest BCUT2D eigenvalue weighted by atomic mass is 9.77. The molecule has 8 rings (SSSR count). The molecule has 3 saturated heterocycles. The van der Waals surface area contributed by atoms with Crippen molar-refractivity contribution in [1.82, 2.24) is 61.1 Å². The highest BCUT2D eigenvalue weighted by molar-refractivity contribution is 7.89. The molecule has 3 aromatic carbocycles. The minimum absolute atomic E-state index is 0.0361. The molecule has 3 aliphatic rings. The number of anilines is 1. The summed E-state index contributed by atoms with van der Waals surface area (Å²) in [4.78, 5) is 143. The van der Waals surface area contributed by atoms with E-state index in [4.69, 9.17) is 23.5 Å². The first kappa shape index (κ1) is 91.1. The molecule has 634 valence electrons. The van der Waals surface area contributed by atoms with Crippen LogP contribution in [-0.2, 0) is 91.8 Å². The van der Waals surface area contributed by atoms with Crippen molar-refractivity contribution in [2.75, 3.05) is 71.6 Å². The van der Waals surface area contributed by atoms with Gasteiger partial charge in [0.05, 0.1) is 93.8 Å². The molecule has 2 aromatic heterocycles. The fraction of sp³-hybridized carbons (Fsp3) is 0.507. The van der Waals surface area contributed by atoms with Crippen LogP contribution in [-0.4, -0.2) is 217 Å². The number of carbonyl (C=O) groups is 8. The lowest BCUT2D eigenvalue weighted by Gasteiger charge is -2.47. The Hall–Kier alpha value is -10.5. The number of amides is 6. The fourth-order valence-electron chi connectivity index (χ4n) is 13.1. The fourth-order valence-corrected chi connectivity index (χ4v) is 13.9.